The molecule has 1 aromatic heterocycles. The highest BCUT2D eigenvalue weighted by Gasteiger charge is 2.20. The zero-order valence-corrected chi connectivity index (χ0v) is 12.3. The predicted molar refractivity (Wildman–Crippen MR) is 74.7 cm³/mol. The van der Waals surface area contributed by atoms with Gasteiger partial charge in [0.1, 0.15) is 5.56 Å². The van der Waals surface area contributed by atoms with Crippen molar-refractivity contribution in [2.75, 3.05) is 20.2 Å². The number of hydrogen-bond donors (Lipinski definition) is 1. The lowest BCUT2D eigenvalue weighted by Gasteiger charge is -2.20. The van der Waals surface area contributed by atoms with Crippen molar-refractivity contribution >= 4 is 11.9 Å². The molecule has 6 heteroatoms. The second-order valence-electron chi connectivity index (χ2n) is 4.55. The second kappa shape index (κ2) is 6.88. The van der Waals surface area contributed by atoms with E-state index in [1.54, 1.807) is 26.8 Å². The van der Waals surface area contributed by atoms with Gasteiger partial charge in [-0.05, 0) is 32.4 Å². The van der Waals surface area contributed by atoms with Crippen LogP contribution in [0.25, 0.3) is 0 Å². The Hall–Kier alpha value is -2.11. The van der Waals surface area contributed by atoms with Crippen molar-refractivity contribution in [3.63, 3.8) is 0 Å². The van der Waals surface area contributed by atoms with Crippen LogP contribution in [0.4, 0.5) is 0 Å². The number of H-pyrrole nitrogens is 1. The highest BCUT2D eigenvalue weighted by Crippen LogP contribution is 2.08. The number of aryl methyl sites for hydroxylation is 2. The molecule has 0 aliphatic rings. The van der Waals surface area contributed by atoms with Gasteiger partial charge in [-0.2, -0.15) is 0 Å². The standard InChI is InChI=1S/C14H20N2O4/c1-5-16(7-6-11(17)20-4)14(19)12-9(2)8-10(3)15-13(12)18/h8H,5-7H2,1-4H3,(H,15,18). The molecule has 1 aromatic rings. The van der Waals surface area contributed by atoms with Crippen molar-refractivity contribution in [1.29, 1.82) is 0 Å². The third-order valence-corrected chi connectivity index (χ3v) is 3.06. The molecule has 6 nitrogen and oxygen atoms in total. The first kappa shape index (κ1) is 15.9. The Labute approximate surface area is 117 Å². The molecule has 0 saturated carbocycles. The SMILES string of the molecule is CCN(CCC(=O)OC)C(=O)c1c(C)cc(C)[nH]c1=O. The number of nitrogens with one attached hydrogen (secondary N) is 1. The number of rotatable bonds is 5. The van der Waals surface area contributed by atoms with Crippen LogP contribution >= 0.6 is 0 Å². The Bertz CT molecular complexity index is 563. The largest absolute Gasteiger partial charge is 0.469 e. The van der Waals surface area contributed by atoms with E-state index in [1.165, 1.54) is 12.0 Å². The normalized spacial score (nSPS) is 10.2. The molecule has 1 heterocycles. The highest BCUT2D eigenvalue weighted by molar-refractivity contribution is 5.95. The Morgan fingerprint density at radius 2 is 2.00 bits per heavy atom. The maximum absolute atomic E-state index is 12.4. The van der Waals surface area contributed by atoms with E-state index in [-0.39, 0.29) is 30.4 Å². The van der Waals surface area contributed by atoms with Gasteiger partial charge in [0.05, 0.1) is 13.5 Å². The number of esters is 1. The van der Waals surface area contributed by atoms with E-state index in [1.807, 2.05) is 0 Å². The molecule has 0 atom stereocenters. The second-order valence-corrected chi connectivity index (χ2v) is 4.55. The summed E-state index contributed by atoms with van der Waals surface area (Å²) >= 11 is 0. The number of methoxy groups -OCH3 is 1. The number of hydrogen-bond acceptors (Lipinski definition) is 4. The maximum atomic E-state index is 12.4. The van der Waals surface area contributed by atoms with Crippen molar-refractivity contribution in [1.82, 2.24) is 9.88 Å². The fraction of sp³-hybridized carbons (Fsp3) is 0.500. The quantitative estimate of drug-likeness (QED) is 0.817. The molecule has 110 valence electrons. The van der Waals surface area contributed by atoms with Gasteiger partial charge in [-0.15, -0.1) is 0 Å². The van der Waals surface area contributed by atoms with E-state index in [9.17, 15) is 14.4 Å². The van der Waals surface area contributed by atoms with Crippen LogP contribution in [0.3, 0.4) is 0 Å². The van der Waals surface area contributed by atoms with E-state index in [4.69, 9.17) is 0 Å². The Balaban J connectivity index is 2.97. The van der Waals surface area contributed by atoms with Gasteiger partial charge in [-0.3, -0.25) is 14.4 Å². The molecule has 0 spiro atoms. The molecular weight excluding hydrogens is 260 g/mol. The molecule has 0 unspecified atom stereocenters. The van der Waals surface area contributed by atoms with Gasteiger partial charge in [0.2, 0.25) is 0 Å². The van der Waals surface area contributed by atoms with Gasteiger partial charge in [-0.25, -0.2) is 0 Å². The lowest BCUT2D eigenvalue weighted by Crippen LogP contribution is -2.37. The van der Waals surface area contributed by atoms with Gasteiger partial charge < -0.3 is 14.6 Å². The highest BCUT2D eigenvalue weighted by atomic mass is 16.5. The predicted octanol–water partition coefficient (Wildman–Crippen LogP) is 1.02. The summed E-state index contributed by atoms with van der Waals surface area (Å²) in [6.07, 6.45) is 0.110. The molecule has 20 heavy (non-hydrogen) atoms. The Morgan fingerprint density at radius 1 is 1.35 bits per heavy atom. The number of aromatic nitrogens is 1. The molecule has 0 fully saturated rings. The zero-order chi connectivity index (χ0) is 15.3. The molecule has 0 aromatic carbocycles. The minimum absolute atomic E-state index is 0.110. The van der Waals surface area contributed by atoms with E-state index in [0.29, 0.717) is 17.8 Å². The molecule has 1 N–H and O–H groups in total. The molecule has 1 rings (SSSR count). The summed E-state index contributed by atoms with van der Waals surface area (Å²) in [5, 5.41) is 0. The van der Waals surface area contributed by atoms with Crippen LogP contribution in [0.15, 0.2) is 10.9 Å². The lowest BCUT2D eigenvalue weighted by molar-refractivity contribution is -0.140. The minimum Gasteiger partial charge on any atom is -0.469 e. The van der Waals surface area contributed by atoms with Crippen LogP contribution in [0.1, 0.15) is 35.0 Å². The van der Waals surface area contributed by atoms with Crippen molar-refractivity contribution < 1.29 is 14.3 Å². The van der Waals surface area contributed by atoms with Gasteiger partial charge in [0.15, 0.2) is 0 Å². The summed E-state index contributed by atoms with van der Waals surface area (Å²) in [6.45, 7) is 5.94. The molecule has 0 radical (unpaired) electrons. The first-order valence-electron chi connectivity index (χ1n) is 6.47. The topological polar surface area (TPSA) is 79.5 Å². The van der Waals surface area contributed by atoms with Crippen LogP contribution in [-0.4, -0.2) is 42.0 Å². The fourth-order valence-corrected chi connectivity index (χ4v) is 2.01. The summed E-state index contributed by atoms with van der Waals surface area (Å²) in [5.74, 6) is -0.749. The third-order valence-electron chi connectivity index (χ3n) is 3.06. The van der Waals surface area contributed by atoms with E-state index >= 15 is 0 Å². The fourth-order valence-electron chi connectivity index (χ4n) is 2.01. The number of ether oxygens (including phenoxy) is 1. The number of pyridine rings is 1. The first-order chi connectivity index (χ1) is 9.40. The average molecular weight is 280 g/mol. The molecule has 0 aliphatic heterocycles. The first-order valence-corrected chi connectivity index (χ1v) is 6.47. The lowest BCUT2D eigenvalue weighted by atomic mass is 10.1. The van der Waals surface area contributed by atoms with Crippen molar-refractivity contribution in [2.24, 2.45) is 0 Å². The van der Waals surface area contributed by atoms with Gasteiger partial charge >= 0.3 is 5.97 Å². The number of aromatic amines is 1. The number of carbonyl (C=O) groups excluding carboxylic acids is 2. The molecule has 0 saturated heterocycles. The summed E-state index contributed by atoms with van der Waals surface area (Å²) in [5.41, 5.74) is 1.07. The van der Waals surface area contributed by atoms with Crippen LogP contribution < -0.4 is 5.56 Å². The van der Waals surface area contributed by atoms with Gasteiger partial charge in [0.25, 0.3) is 11.5 Å². The number of carbonyl (C=O) groups is 2. The summed E-state index contributed by atoms with van der Waals surface area (Å²) in [6, 6.07) is 1.75. The van der Waals surface area contributed by atoms with Gasteiger partial charge in [-0.1, -0.05) is 0 Å². The number of nitrogens with zero attached hydrogens (tertiary/aromatic N) is 1. The smallest absolute Gasteiger partial charge is 0.307 e. The van der Waals surface area contributed by atoms with Crippen molar-refractivity contribution in [3.05, 3.63) is 33.2 Å². The Kier molecular flexibility index (Phi) is 5.49. The van der Waals surface area contributed by atoms with E-state index < -0.39 is 5.56 Å². The summed E-state index contributed by atoms with van der Waals surface area (Å²) in [7, 11) is 1.30. The van der Waals surface area contributed by atoms with Crippen molar-refractivity contribution in [3.8, 4) is 0 Å². The third kappa shape index (κ3) is 3.69. The molecule has 0 bridgehead atoms. The van der Waals surface area contributed by atoms with Crippen LogP contribution in [0.5, 0.6) is 0 Å². The molecule has 0 aliphatic carbocycles. The van der Waals surface area contributed by atoms with E-state index in [2.05, 4.69) is 9.72 Å². The molecule has 1 amide bonds. The minimum atomic E-state index is -0.399. The molecular formula is C14H20N2O4. The maximum Gasteiger partial charge on any atom is 0.307 e. The van der Waals surface area contributed by atoms with Crippen LogP contribution in [-0.2, 0) is 9.53 Å². The monoisotopic (exact) mass is 280 g/mol. The number of amides is 1. The van der Waals surface area contributed by atoms with Crippen molar-refractivity contribution in [2.45, 2.75) is 27.2 Å². The van der Waals surface area contributed by atoms with Crippen LogP contribution in [0, 0.1) is 13.8 Å². The summed E-state index contributed by atoms with van der Waals surface area (Å²) in [4.78, 5) is 39.5. The summed E-state index contributed by atoms with van der Waals surface area (Å²) < 4.78 is 4.55. The van der Waals surface area contributed by atoms with E-state index in [0.717, 1.165) is 0 Å². The van der Waals surface area contributed by atoms with Crippen LogP contribution in [0.2, 0.25) is 0 Å². The average Bonchev–Trinajstić information content (AvgIpc) is 2.37. The zero-order valence-electron chi connectivity index (χ0n) is 12.3. The Morgan fingerprint density at radius 3 is 2.50 bits per heavy atom. The van der Waals surface area contributed by atoms with Gasteiger partial charge in [0, 0.05) is 18.8 Å².